The molecule has 0 aliphatic carbocycles. The van der Waals surface area contributed by atoms with Crippen molar-refractivity contribution in [1.82, 2.24) is 20.2 Å². The van der Waals surface area contributed by atoms with Gasteiger partial charge in [0, 0.05) is 66.8 Å². The number of benzene rings is 4. The Kier molecular flexibility index (Phi) is 12.1. The predicted molar refractivity (Wildman–Crippen MR) is 216 cm³/mol. The number of aromatic nitrogens is 2. The highest BCUT2D eigenvalue weighted by atomic mass is 16.5. The Morgan fingerprint density at radius 1 is 0.964 bits per heavy atom. The normalized spacial score (nSPS) is 13.1. The SMILES string of the molecule is C#Cc1cc(Cc2nccc(Oc3ccc(NC(=O)Nc4cc(C(C)(C)C)cc(C(N)=O)c4OC)c4ccccc34)n2)cc(C(=O)NCCN2CCOCC2)c1. The lowest BCUT2D eigenvalue weighted by atomic mass is 9.85. The van der Waals surface area contributed by atoms with Crippen LogP contribution in [0.2, 0.25) is 0 Å². The minimum atomic E-state index is -0.670. The molecule has 1 aliphatic rings. The number of fused-ring (bicyclic) bond motifs is 1. The fourth-order valence-electron chi connectivity index (χ4n) is 6.38. The Labute approximate surface area is 325 Å². The van der Waals surface area contributed by atoms with Crippen LogP contribution in [0.25, 0.3) is 10.8 Å². The Morgan fingerprint density at radius 2 is 1.71 bits per heavy atom. The lowest BCUT2D eigenvalue weighted by Crippen LogP contribution is -2.41. The van der Waals surface area contributed by atoms with Gasteiger partial charge >= 0.3 is 6.03 Å². The van der Waals surface area contributed by atoms with Crippen LogP contribution in [0.5, 0.6) is 17.4 Å². The van der Waals surface area contributed by atoms with Gasteiger partial charge in [-0.05, 0) is 59.0 Å². The summed E-state index contributed by atoms with van der Waals surface area (Å²) < 4.78 is 17.2. The number of amides is 4. The van der Waals surface area contributed by atoms with E-state index in [1.807, 2.05) is 51.1 Å². The number of anilines is 2. The number of rotatable bonds is 12. The molecule has 13 nitrogen and oxygen atoms in total. The average molecular weight is 756 g/mol. The highest BCUT2D eigenvalue weighted by molar-refractivity contribution is 6.09. The molecule has 0 radical (unpaired) electrons. The van der Waals surface area contributed by atoms with Gasteiger partial charge in [0.15, 0.2) is 5.75 Å². The number of primary amides is 1. The molecule has 5 N–H and O–H groups in total. The lowest BCUT2D eigenvalue weighted by molar-refractivity contribution is 0.0383. The van der Waals surface area contributed by atoms with Crippen LogP contribution in [0.1, 0.15) is 64.0 Å². The smallest absolute Gasteiger partial charge is 0.323 e. The van der Waals surface area contributed by atoms with Crippen molar-refractivity contribution in [2.24, 2.45) is 5.73 Å². The van der Waals surface area contributed by atoms with Crippen molar-refractivity contribution in [2.45, 2.75) is 32.6 Å². The summed E-state index contributed by atoms with van der Waals surface area (Å²) in [4.78, 5) is 50.1. The number of nitrogens with zero attached hydrogens (tertiary/aromatic N) is 3. The summed E-state index contributed by atoms with van der Waals surface area (Å²) in [6, 6.07) is 20.8. The first kappa shape index (κ1) is 39.2. The van der Waals surface area contributed by atoms with Crippen LogP contribution in [0.3, 0.4) is 0 Å². The van der Waals surface area contributed by atoms with Gasteiger partial charge in [-0.2, -0.15) is 4.98 Å². The summed E-state index contributed by atoms with van der Waals surface area (Å²) in [5, 5.41) is 10.2. The van der Waals surface area contributed by atoms with E-state index in [4.69, 9.17) is 26.4 Å². The van der Waals surface area contributed by atoms with Gasteiger partial charge in [0.2, 0.25) is 5.88 Å². The number of morpholine rings is 1. The number of terminal acetylenes is 1. The van der Waals surface area contributed by atoms with Crippen molar-refractivity contribution >= 4 is 40.0 Å². The van der Waals surface area contributed by atoms with Crippen LogP contribution in [-0.4, -0.2) is 79.2 Å². The number of hydrogen-bond acceptors (Lipinski definition) is 9. The lowest BCUT2D eigenvalue weighted by Gasteiger charge is -2.26. The van der Waals surface area contributed by atoms with Gasteiger partial charge in [-0.1, -0.05) is 51.0 Å². The maximum absolute atomic E-state index is 13.4. The summed E-state index contributed by atoms with van der Waals surface area (Å²) in [5.74, 6) is 3.23. The highest BCUT2D eigenvalue weighted by Crippen LogP contribution is 2.37. The highest BCUT2D eigenvalue weighted by Gasteiger charge is 2.23. The molecule has 0 spiro atoms. The van der Waals surface area contributed by atoms with Crippen LogP contribution in [0, 0.1) is 12.3 Å². The number of methoxy groups -OCH3 is 1. The number of hydrogen-bond donors (Lipinski definition) is 4. The number of carbonyl (C=O) groups excluding carboxylic acids is 3. The Morgan fingerprint density at radius 3 is 2.43 bits per heavy atom. The van der Waals surface area contributed by atoms with Gasteiger partial charge in [0.1, 0.15) is 11.6 Å². The third-order valence-electron chi connectivity index (χ3n) is 9.30. The molecule has 1 saturated heterocycles. The van der Waals surface area contributed by atoms with Gasteiger partial charge < -0.3 is 35.9 Å². The number of carbonyl (C=O) groups is 3. The first-order valence-electron chi connectivity index (χ1n) is 18.2. The van der Waals surface area contributed by atoms with Crippen molar-refractivity contribution < 1.29 is 28.6 Å². The number of ether oxygens (including phenoxy) is 3. The average Bonchev–Trinajstić information content (AvgIpc) is 3.18. The molecule has 5 aromatic rings. The molecule has 56 heavy (non-hydrogen) atoms. The van der Waals surface area contributed by atoms with E-state index < -0.39 is 11.9 Å². The largest absolute Gasteiger partial charge is 0.494 e. The summed E-state index contributed by atoms with van der Waals surface area (Å²) >= 11 is 0. The molecule has 0 atom stereocenters. The third-order valence-corrected chi connectivity index (χ3v) is 9.30. The van der Waals surface area contributed by atoms with Crippen LogP contribution in [0.4, 0.5) is 16.2 Å². The summed E-state index contributed by atoms with van der Waals surface area (Å²) in [5.41, 5.74) is 8.94. The molecule has 0 saturated carbocycles. The quantitative estimate of drug-likeness (QED) is 0.110. The fraction of sp³-hybridized carbons (Fsp3) is 0.279. The number of nitrogens with two attached hydrogens (primary N) is 1. The second-order valence-electron chi connectivity index (χ2n) is 14.3. The molecule has 2 heterocycles. The van der Waals surface area contributed by atoms with Crippen LogP contribution in [-0.2, 0) is 16.6 Å². The number of nitrogens with one attached hydrogen (secondary N) is 3. The van der Waals surface area contributed by atoms with E-state index in [0.717, 1.165) is 36.1 Å². The summed E-state index contributed by atoms with van der Waals surface area (Å²) in [7, 11) is 1.41. The minimum absolute atomic E-state index is 0.166. The van der Waals surface area contributed by atoms with Gasteiger partial charge in [0.05, 0.1) is 37.3 Å². The summed E-state index contributed by atoms with van der Waals surface area (Å²) in [6.07, 6.45) is 7.67. The molecular formula is C43H45N7O6. The standard InChI is InChI=1S/C43H45N7O6/c1-6-27-21-28(23-29(22-27)41(52)46-15-16-50-17-19-55-20-18-50)24-37-45-14-13-38(49-37)56-36-12-11-34(31-9-7-8-10-32(31)36)47-42(53)48-35-26-30(43(2,3)4)25-33(40(44)51)39(35)54-5/h1,7-14,21-23,25-26H,15-20,24H2,2-5H3,(H2,44,51)(H,46,52)(H2,47,48,53). The molecule has 13 heteroatoms. The number of urea groups is 1. The molecule has 1 aliphatic heterocycles. The zero-order chi connectivity index (χ0) is 39.8. The fourth-order valence-corrected chi connectivity index (χ4v) is 6.38. The van der Waals surface area contributed by atoms with Crippen molar-refractivity contribution in [3.63, 3.8) is 0 Å². The maximum atomic E-state index is 13.4. The molecule has 6 rings (SSSR count). The maximum Gasteiger partial charge on any atom is 0.323 e. The van der Waals surface area contributed by atoms with Crippen molar-refractivity contribution in [1.29, 1.82) is 0 Å². The molecule has 1 aromatic heterocycles. The van der Waals surface area contributed by atoms with E-state index in [9.17, 15) is 14.4 Å². The third kappa shape index (κ3) is 9.59. The predicted octanol–water partition coefficient (Wildman–Crippen LogP) is 6.11. The van der Waals surface area contributed by atoms with Crippen molar-refractivity contribution in [3.8, 4) is 29.7 Å². The van der Waals surface area contributed by atoms with E-state index in [1.54, 1.807) is 48.7 Å². The monoisotopic (exact) mass is 755 g/mol. The van der Waals surface area contributed by atoms with Crippen LogP contribution >= 0.6 is 0 Å². The topological polar surface area (TPSA) is 170 Å². The molecule has 4 aromatic carbocycles. The second kappa shape index (κ2) is 17.3. The van der Waals surface area contributed by atoms with Gasteiger partial charge in [-0.15, -0.1) is 6.42 Å². The van der Waals surface area contributed by atoms with E-state index in [0.29, 0.717) is 71.5 Å². The summed E-state index contributed by atoms with van der Waals surface area (Å²) in [6.45, 7) is 10.3. The molecule has 288 valence electrons. The van der Waals surface area contributed by atoms with E-state index in [1.165, 1.54) is 7.11 Å². The van der Waals surface area contributed by atoms with Gasteiger partial charge in [-0.3, -0.25) is 14.5 Å². The zero-order valence-corrected chi connectivity index (χ0v) is 31.9. The van der Waals surface area contributed by atoms with E-state index in [-0.39, 0.29) is 22.6 Å². The van der Waals surface area contributed by atoms with Gasteiger partial charge in [-0.25, -0.2) is 9.78 Å². The Bertz CT molecular complexity index is 2310. The molecular weight excluding hydrogens is 711 g/mol. The molecule has 1 fully saturated rings. The Balaban J connectivity index is 1.17. The molecule has 0 unspecified atom stereocenters. The van der Waals surface area contributed by atoms with Crippen molar-refractivity contribution in [2.75, 3.05) is 57.1 Å². The Hall–Kier alpha value is -6.49. The molecule has 4 amide bonds. The minimum Gasteiger partial charge on any atom is -0.494 e. The second-order valence-corrected chi connectivity index (χ2v) is 14.3. The van der Waals surface area contributed by atoms with Crippen LogP contribution in [0.15, 0.2) is 79.0 Å². The first-order chi connectivity index (χ1) is 26.9. The zero-order valence-electron chi connectivity index (χ0n) is 31.9. The van der Waals surface area contributed by atoms with E-state index >= 15 is 0 Å². The van der Waals surface area contributed by atoms with Crippen molar-refractivity contribution in [3.05, 3.63) is 113 Å². The van der Waals surface area contributed by atoms with E-state index in [2.05, 4.69) is 36.7 Å². The molecule has 0 bridgehead atoms. The van der Waals surface area contributed by atoms with Gasteiger partial charge in [0.25, 0.3) is 11.8 Å². The van der Waals surface area contributed by atoms with Crippen LogP contribution < -0.4 is 31.2 Å². The first-order valence-corrected chi connectivity index (χ1v) is 18.2.